The van der Waals surface area contributed by atoms with E-state index in [4.69, 9.17) is 0 Å². The van der Waals surface area contributed by atoms with Crippen LogP contribution in [0.3, 0.4) is 0 Å². The van der Waals surface area contributed by atoms with E-state index in [1.165, 1.54) is 44.7 Å². The molecule has 0 spiro atoms. The number of carbonyl (C=O) groups excluding carboxylic acids is 4. The van der Waals surface area contributed by atoms with Crippen molar-refractivity contribution in [3.05, 3.63) is 256 Å². The molecule has 0 saturated heterocycles. The number of aryl methyl sites for hydroxylation is 1. The number of ketones is 4. The van der Waals surface area contributed by atoms with E-state index in [2.05, 4.69) is 185 Å². The minimum Gasteiger partial charge on any atom is -0.294 e. The van der Waals surface area contributed by atoms with E-state index in [0.717, 1.165) is 113 Å². The fourth-order valence-corrected chi connectivity index (χ4v) is 19.0. The van der Waals surface area contributed by atoms with Crippen LogP contribution >= 0.6 is 0 Å². The highest BCUT2D eigenvalue weighted by atomic mass is 19.1. The van der Waals surface area contributed by atoms with Crippen LogP contribution in [0.1, 0.15) is 225 Å². The Morgan fingerprint density at radius 2 is 0.788 bits per heavy atom. The van der Waals surface area contributed by atoms with Gasteiger partial charge in [0.2, 0.25) is 5.95 Å². The lowest BCUT2D eigenvalue weighted by molar-refractivity contribution is -0.119. The van der Waals surface area contributed by atoms with Crippen molar-refractivity contribution in [2.24, 2.45) is 21.7 Å². The fraction of sp³-hybridized carbons (Fsp3) is 0.405. The number of nitrogens with one attached hydrogen (secondary N) is 4. The Labute approximate surface area is 580 Å². The van der Waals surface area contributed by atoms with E-state index in [1.54, 1.807) is 24.3 Å². The standard InChI is InChI=1S/C21H20FN3O.C21H21N3O.2C21H24N2O/c1-20(2)9-13-8-15-18(19(22)25-24-15)21(3,17(13)16(26)10-20)14-6-4-5-12(7-14)11-23;1-20(2)9-14-8-17-16(12-23-24-17)21(3,19(14)18(25)10-20)15-6-4-5-13(7-15)11-22;1-13-6-5-7-15(8-13)21(4)16-12-22-23-17(16)9-14-10-20(2,3)11-18(24)19(14)21;1-4-21(15-8-6-5-7-9-15)16-13-22-23-17(16)10-14-11-20(2,3)12-18(24)19(14)21/h4-7H,8-10H2,1-3H3,(H,24,25);4-7,12H,8-10H2,1-3H3,(H,23,24);5-8,12H,9-11H2,1-4H3,(H,22,23);5-9,13H,4,10-12H2,1-3H3,(H,22,23)/t;3*21-/m.111/s1. The topological polar surface area (TPSA) is 231 Å². The molecule has 0 saturated carbocycles. The number of hydrogen-bond donors (Lipinski definition) is 4. The summed E-state index contributed by atoms with van der Waals surface area (Å²) in [7, 11) is 0. The lowest BCUT2D eigenvalue weighted by atomic mass is 9.57. The summed E-state index contributed by atoms with van der Waals surface area (Å²) in [6.07, 6.45) is 15.4. The molecule has 0 aliphatic heterocycles. The summed E-state index contributed by atoms with van der Waals surface area (Å²) < 4.78 is 14.7. The summed E-state index contributed by atoms with van der Waals surface area (Å²) in [5, 5.41) is 47.6. The zero-order valence-corrected chi connectivity index (χ0v) is 59.4. The largest absolute Gasteiger partial charge is 0.294 e. The summed E-state index contributed by atoms with van der Waals surface area (Å²) in [6.45, 7) is 27.8. The second kappa shape index (κ2) is 24.6. The molecule has 0 bridgehead atoms. The molecule has 0 amide bonds. The maximum atomic E-state index is 14.7. The Balaban J connectivity index is 0.000000119. The maximum Gasteiger partial charge on any atom is 0.237 e. The Morgan fingerprint density at radius 1 is 0.424 bits per heavy atom. The molecule has 8 aromatic rings. The maximum absolute atomic E-state index is 14.7. The average Bonchev–Trinajstić information content (AvgIpc) is 1.72. The molecule has 4 N–H and O–H groups in total. The molecule has 4 atom stereocenters. The lowest BCUT2D eigenvalue weighted by Crippen LogP contribution is -2.42. The number of benzene rings is 4. The van der Waals surface area contributed by atoms with Crippen molar-refractivity contribution in [2.75, 3.05) is 0 Å². The van der Waals surface area contributed by atoms with E-state index in [9.17, 15) is 34.1 Å². The van der Waals surface area contributed by atoms with E-state index in [-0.39, 0.29) is 38.6 Å². The van der Waals surface area contributed by atoms with Gasteiger partial charge in [-0.1, -0.05) is 169 Å². The highest BCUT2D eigenvalue weighted by molar-refractivity contribution is 6.04. The van der Waals surface area contributed by atoms with Gasteiger partial charge < -0.3 is 0 Å². The number of hydrogen-bond acceptors (Lipinski definition) is 10. The number of nitriles is 2. The second-order valence-electron chi connectivity index (χ2n) is 32.8. The normalized spacial score (nSPS) is 24.8. The highest BCUT2D eigenvalue weighted by Crippen LogP contribution is 2.57. The van der Waals surface area contributed by atoms with Crippen molar-refractivity contribution in [3.8, 4) is 12.1 Å². The van der Waals surface area contributed by atoms with E-state index in [1.807, 2.05) is 55.8 Å². The molecule has 1 unspecified atom stereocenters. The third kappa shape index (κ3) is 11.6. The zero-order chi connectivity index (χ0) is 70.6. The molecule has 8 aliphatic carbocycles. The Hall–Kier alpha value is -9.73. The van der Waals surface area contributed by atoms with Gasteiger partial charge in [0, 0.05) is 130 Å². The first-order valence-corrected chi connectivity index (χ1v) is 34.9. The first kappa shape index (κ1) is 67.8. The Kier molecular flexibility index (Phi) is 16.9. The summed E-state index contributed by atoms with van der Waals surface area (Å²) >= 11 is 0. The first-order chi connectivity index (χ1) is 46.9. The Morgan fingerprint density at radius 3 is 1.22 bits per heavy atom. The molecule has 4 aromatic heterocycles. The van der Waals surface area contributed by atoms with Gasteiger partial charge in [-0.25, -0.2) is 0 Å². The van der Waals surface area contributed by atoms with Crippen LogP contribution in [-0.4, -0.2) is 63.9 Å². The fourth-order valence-electron chi connectivity index (χ4n) is 19.0. The van der Waals surface area contributed by atoms with Crippen LogP contribution in [0.15, 0.2) is 166 Å². The number of H-pyrrole nitrogens is 4. The van der Waals surface area contributed by atoms with E-state index in [0.29, 0.717) is 65.9 Å². The quantitative estimate of drug-likeness (QED) is 0.127. The van der Waals surface area contributed by atoms with Gasteiger partial charge in [0.25, 0.3) is 0 Å². The van der Waals surface area contributed by atoms with Crippen LogP contribution in [0.25, 0.3) is 0 Å². The molecule has 16 rings (SSSR count). The van der Waals surface area contributed by atoms with E-state index < -0.39 is 22.2 Å². The number of aromatic nitrogens is 8. The molecule has 0 fully saturated rings. The number of carbonyl (C=O) groups is 4. The SMILES string of the molecule is CC1(C)CC(=O)C2=C(Cc3[nH]nc(F)c3C2(C)c2cccc(C#N)c2)C1.CC1(C)CC(=O)C2=C(Cc3[nH]ncc3[C@@]2(C)c2cccc(C#N)c2)C1.CC[C@]1(c2ccccc2)C2=C(Cc3[nH]ncc31)CC(C)(C)CC2=O.Cc1cccc([C@@]2(C)C3=C(Cc4[nH]ncc42)CC(C)(C)CC3=O)c1. The second-order valence-corrected chi connectivity index (χ2v) is 32.8. The minimum absolute atomic E-state index is 0.0111. The number of aromatic amines is 4. The predicted molar refractivity (Wildman–Crippen MR) is 380 cm³/mol. The highest BCUT2D eigenvalue weighted by Gasteiger charge is 2.53. The van der Waals surface area contributed by atoms with Crippen molar-refractivity contribution in [1.29, 1.82) is 10.5 Å². The van der Waals surface area contributed by atoms with Crippen molar-refractivity contribution >= 4 is 23.1 Å². The van der Waals surface area contributed by atoms with Crippen molar-refractivity contribution in [1.82, 2.24) is 40.8 Å². The summed E-state index contributed by atoms with van der Waals surface area (Å²) in [5.74, 6) is 0.334. The smallest absolute Gasteiger partial charge is 0.237 e. The van der Waals surface area contributed by atoms with Gasteiger partial charge in [-0.05, 0) is 128 Å². The third-order valence-corrected chi connectivity index (χ3v) is 22.9. The van der Waals surface area contributed by atoms with Crippen molar-refractivity contribution in [2.45, 2.75) is 195 Å². The first-order valence-electron chi connectivity index (χ1n) is 34.9. The molecule has 15 heteroatoms. The van der Waals surface area contributed by atoms with Crippen LogP contribution in [0.4, 0.5) is 4.39 Å². The van der Waals surface area contributed by atoms with Gasteiger partial charge in [-0.15, -0.1) is 5.10 Å². The zero-order valence-electron chi connectivity index (χ0n) is 59.4. The van der Waals surface area contributed by atoms with Crippen LogP contribution in [0.2, 0.25) is 0 Å². The minimum atomic E-state index is -0.944. The van der Waals surface area contributed by atoms with Crippen molar-refractivity contribution < 1.29 is 23.6 Å². The monoisotopic (exact) mass is 1320 g/mol. The predicted octanol–water partition coefficient (Wildman–Crippen LogP) is 16.4. The van der Waals surface area contributed by atoms with Gasteiger partial charge in [0.05, 0.1) is 52.7 Å². The number of allylic oxidation sites excluding steroid dienone is 8. The molecular weight excluding hydrogens is 1230 g/mol. The van der Waals surface area contributed by atoms with E-state index >= 15 is 0 Å². The summed E-state index contributed by atoms with van der Waals surface area (Å²) in [6, 6.07) is 38.1. The molecule has 14 nitrogen and oxygen atoms in total. The molecule has 506 valence electrons. The summed E-state index contributed by atoms with van der Waals surface area (Å²) in [4.78, 5) is 52.7. The van der Waals surface area contributed by atoms with Crippen LogP contribution in [-0.2, 0) is 66.5 Å². The van der Waals surface area contributed by atoms with Gasteiger partial charge >= 0.3 is 0 Å². The van der Waals surface area contributed by atoms with Crippen LogP contribution in [0, 0.1) is 57.2 Å². The number of fused-ring (bicyclic) bond motifs is 4. The van der Waals surface area contributed by atoms with Crippen LogP contribution < -0.4 is 0 Å². The number of rotatable bonds is 5. The number of halogens is 1. The number of nitrogens with zero attached hydrogens (tertiary/aromatic N) is 6. The van der Waals surface area contributed by atoms with Gasteiger partial charge in [0.15, 0.2) is 23.1 Å². The number of Topliss-reactive ketones (excluding diaryl/α,β-unsaturated/α-hetero) is 4. The molecule has 0 radical (unpaired) electrons. The third-order valence-electron chi connectivity index (χ3n) is 22.9. The summed E-state index contributed by atoms with van der Waals surface area (Å²) in [5.41, 5.74) is 20.6. The molecule has 4 aromatic carbocycles. The van der Waals surface area contributed by atoms with Gasteiger partial charge in [-0.3, -0.25) is 39.6 Å². The van der Waals surface area contributed by atoms with Gasteiger partial charge in [0.1, 0.15) is 0 Å². The average molecular weight is 1320 g/mol. The Bertz CT molecular complexity index is 4880. The van der Waals surface area contributed by atoms with Crippen LogP contribution in [0.5, 0.6) is 0 Å². The molecule has 4 heterocycles. The lowest BCUT2D eigenvalue weighted by Gasteiger charge is -2.45. The molecular formula is C84H89FN10O4. The van der Waals surface area contributed by atoms with Gasteiger partial charge in [-0.2, -0.15) is 30.2 Å². The van der Waals surface area contributed by atoms with Crippen molar-refractivity contribution in [3.63, 3.8) is 0 Å². The molecule has 8 aliphatic rings. The molecule has 99 heavy (non-hydrogen) atoms.